The third-order valence-corrected chi connectivity index (χ3v) is 0.566. The van der Waals surface area contributed by atoms with Gasteiger partial charge >= 0.3 is 6.03 Å². The van der Waals surface area contributed by atoms with Gasteiger partial charge in [-0.25, -0.2) is 4.79 Å². The van der Waals surface area contributed by atoms with E-state index in [-0.39, 0.29) is 6.47 Å². The molecule has 5 N–H and O–H groups in total. The molecule has 0 bridgehead atoms. The van der Waals surface area contributed by atoms with Gasteiger partial charge in [0.25, 0.3) is 6.47 Å². The van der Waals surface area contributed by atoms with Gasteiger partial charge in [-0.3, -0.25) is 9.78 Å². The fourth-order valence-electron chi connectivity index (χ4n) is 0.313. The average molecular weight is 185 g/mol. The van der Waals surface area contributed by atoms with Crippen LogP contribution in [0, 0.1) is 0 Å². The lowest BCUT2D eigenvalue weighted by Crippen LogP contribution is -2.18. The fraction of sp³-hybridized carbons (Fsp3) is 0. The summed E-state index contributed by atoms with van der Waals surface area (Å²) in [5, 5.41) is 6.89. The number of carboxylic acid groups (broad SMARTS) is 1. The van der Waals surface area contributed by atoms with Crippen LogP contribution in [0.4, 0.5) is 4.79 Å². The van der Waals surface area contributed by atoms with E-state index in [0.717, 1.165) is 0 Å². The van der Waals surface area contributed by atoms with Crippen LogP contribution in [0.3, 0.4) is 0 Å². The van der Waals surface area contributed by atoms with Crippen LogP contribution in [0.5, 0.6) is 0 Å². The maximum Gasteiger partial charge on any atom is 0.309 e. The highest BCUT2D eigenvalue weighted by atomic mass is 16.3. The lowest BCUT2D eigenvalue weighted by Gasteiger charge is -1.70. The SMILES string of the molecule is NC(N)=O.O=CO.c1ccncc1. The molecule has 72 valence electrons. The minimum atomic E-state index is -0.833. The van der Waals surface area contributed by atoms with Crippen molar-refractivity contribution in [1.29, 1.82) is 0 Å². The number of pyridine rings is 1. The summed E-state index contributed by atoms with van der Waals surface area (Å²) >= 11 is 0. The number of primary amides is 2. The Kier molecular flexibility index (Phi) is 13.0. The predicted octanol–water partition coefficient (Wildman–Crippen LogP) is -0.194. The van der Waals surface area contributed by atoms with Crippen LogP contribution in [0.2, 0.25) is 0 Å². The molecule has 1 heterocycles. The van der Waals surface area contributed by atoms with E-state index >= 15 is 0 Å². The first-order valence-corrected chi connectivity index (χ1v) is 3.13. The minimum absolute atomic E-state index is 0.250. The maximum atomic E-state index is 9.00. The van der Waals surface area contributed by atoms with Crippen molar-refractivity contribution in [2.75, 3.05) is 0 Å². The molecule has 0 fully saturated rings. The molecule has 0 unspecified atom stereocenters. The number of nitrogens with two attached hydrogens (primary N) is 2. The number of carbonyl (C=O) groups excluding carboxylic acids is 1. The maximum absolute atomic E-state index is 9.00. The van der Waals surface area contributed by atoms with Gasteiger partial charge in [-0.1, -0.05) is 6.07 Å². The highest BCUT2D eigenvalue weighted by Gasteiger charge is 1.60. The molecule has 0 aliphatic carbocycles. The monoisotopic (exact) mass is 185 g/mol. The zero-order valence-corrected chi connectivity index (χ0v) is 6.83. The molecule has 6 heteroatoms. The van der Waals surface area contributed by atoms with E-state index in [1.165, 1.54) is 0 Å². The van der Waals surface area contributed by atoms with Gasteiger partial charge in [0.2, 0.25) is 0 Å². The van der Waals surface area contributed by atoms with Gasteiger partial charge in [-0.2, -0.15) is 0 Å². The average Bonchev–Trinajstić information content (AvgIpc) is 2.08. The molecule has 0 saturated carbocycles. The summed E-state index contributed by atoms with van der Waals surface area (Å²) < 4.78 is 0. The van der Waals surface area contributed by atoms with Crippen molar-refractivity contribution < 1.29 is 14.7 Å². The molecule has 6 nitrogen and oxygen atoms in total. The Bertz CT molecular complexity index is 185. The molecule has 0 atom stereocenters. The van der Waals surface area contributed by atoms with Crippen LogP contribution in [0.1, 0.15) is 0 Å². The number of hydrogen-bond donors (Lipinski definition) is 3. The lowest BCUT2D eigenvalue weighted by molar-refractivity contribution is -0.122. The first kappa shape index (κ1) is 13.5. The molecule has 1 rings (SSSR count). The van der Waals surface area contributed by atoms with Gasteiger partial charge in [-0.05, 0) is 12.1 Å². The molecule has 0 aliphatic heterocycles. The number of hydrogen-bond acceptors (Lipinski definition) is 3. The van der Waals surface area contributed by atoms with Crippen molar-refractivity contribution in [3.63, 3.8) is 0 Å². The zero-order chi connectivity index (χ0) is 10.5. The minimum Gasteiger partial charge on any atom is -0.483 e. The Morgan fingerprint density at radius 1 is 1.23 bits per heavy atom. The number of amides is 2. The highest BCUT2D eigenvalue weighted by molar-refractivity contribution is 5.69. The first-order chi connectivity index (χ1) is 6.15. The third kappa shape index (κ3) is 40.7. The lowest BCUT2D eigenvalue weighted by atomic mass is 10.5. The molecule has 13 heavy (non-hydrogen) atoms. The van der Waals surface area contributed by atoms with Crippen molar-refractivity contribution in [3.05, 3.63) is 30.6 Å². The normalized spacial score (nSPS) is 6.46. The number of nitrogens with zero attached hydrogens (tertiary/aromatic N) is 1. The molecule has 1 aromatic rings. The van der Waals surface area contributed by atoms with Crippen molar-refractivity contribution >= 4 is 12.5 Å². The summed E-state index contributed by atoms with van der Waals surface area (Å²) in [5.74, 6) is 0. The van der Waals surface area contributed by atoms with Gasteiger partial charge in [0, 0.05) is 12.4 Å². The van der Waals surface area contributed by atoms with Gasteiger partial charge in [0.05, 0.1) is 0 Å². The molecular weight excluding hydrogens is 174 g/mol. The van der Waals surface area contributed by atoms with Gasteiger partial charge < -0.3 is 16.6 Å². The van der Waals surface area contributed by atoms with Crippen molar-refractivity contribution in [3.8, 4) is 0 Å². The molecule has 0 spiro atoms. The molecule has 0 aromatic carbocycles. The molecule has 1 aromatic heterocycles. The summed E-state index contributed by atoms with van der Waals surface area (Å²) in [5.41, 5.74) is 8.50. The quantitative estimate of drug-likeness (QED) is 0.485. The van der Waals surface area contributed by atoms with Gasteiger partial charge in [-0.15, -0.1) is 0 Å². The number of rotatable bonds is 0. The van der Waals surface area contributed by atoms with E-state index in [2.05, 4.69) is 16.5 Å². The Labute approximate surface area is 75.2 Å². The Morgan fingerprint density at radius 2 is 1.54 bits per heavy atom. The van der Waals surface area contributed by atoms with Crippen molar-refractivity contribution in [2.45, 2.75) is 0 Å². The van der Waals surface area contributed by atoms with Crippen LogP contribution in [-0.2, 0) is 4.79 Å². The van der Waals surface area contributed by atoms with Crippen LogP contribution in [0.25, 0.3) is 0 Å². The van der Waals surface area contributed by atoms with E-state index < -0.39 is 6.03 Å². The second-order valence-electron chi connectivity index (χ2n) is 1.53. The Hall–Kier alpha value is -2.11. The molecule has 0 saturated heterocycles. The van der Waals surface area contributed by atoms with Crippen molar-refractivity contribution in [1.82, 2.24) is 4.98 Å². The summed E-state index contributed by atoms with van der Waals surface area (Å²) in [7, 11) is 0. The summed E-state index contributed by atoms with van der Waals surface area (Å²) in [4.78, 5) is 21.1. The van der Waals surface area contributed by atoms with E-state index in [9.17, 15) is 0 Å². The molecular formula is C7H11N3O3. The van der Waals surface area contributed by atoms with Crippen LogP contribution >= 0.6 is 0 Å². The van der Waals surface area contributed by atoms with E-state index in [0.29, 0.717) is 0 Å². The summed E-state index contributed by atoms with van der Waals surface area (Å²) in [6.07, 6.45) is 3.50. The Balaban J connectivity index is 0. The third-order valence-electron chi connectivity index (χ3n) is 0.566. The first-order valence-electron chi connectivity index (χ1n) is 3.13. The standard InChI is InChI=1S/C5H5N.CH4N2O.CH2O2/c1-2-4-6-5-3-1;2-1(3)4;2-1-3/h1-5H;(H4,2,3,4);1H,(H,2,3). The number of aromatic nitrogens is 1. The summed E-state index contributed by atoms with van der Waals surface area (Å²) in [6, 6.07) is 4.88. The summed E-state index contributed by atoms with van der Waals surface area (Å²) in [6.45, 7) is -0.250. The zero-order valence-electron chi connectivity index (χ0n) is 6.83. The topological polar surface area (TPSA) is 119 Å². The molecule has 2 amide bonds. The second-order valence-corrected chi connectivity index (χ2v) is 1.53. The predicted molar refractivity (Wildman–Crippen MR) is 46.7 cm³/mol. The van der Waals surface area contributed by atoms with Crippen molar-refractivity contribution in [2.24, 2.45) is 11.5 Å². The van der Waals surface area contributed by atoms with Gasteiger partial charge in [0.15, 0.2) is 0 Å². The smallest absolute Gasteiger partial charge is 0.309 e. The van der Waals surface area contributed by atoms with Crippen LogP contribution < -0.4 is 11.5 Å². The molecule has 0 aliphatic rings. The van der Waals surface area contributed by atoms with Crippen LogP contribution in [0.15, 0.2) is 30.6 Å². The largest absolute Gasteiger partial charge is 0.483 e. The van der Waals surface area contributed by atoms with Gasteiger partial charge in [0.1, 0.15) is 0 Å². The fourth-order valence-corrected chi connectivity index (χ4v) is 0.313. The number of carbonyl (C=O) groups is 2. The second kappa shape index (κ2) is 12.6. The van der Waals surface area contributed by atoms with E-state index in [4.69, 9.17) is 14.7 Å². The molecule has 0 radical (unpaired) electrons. The number of urea groups is 1. The highest BCUT2D eigenvalue weighted by Crippen LogP contribution is 1.73. The van der Waals surface area contributed by atoms with E-state index in [1.54, 1.807) is 12.4 Å². The van der Waals surface area contributed by atoms with Crippen LogP contribution in [-0.4, -0.2) is 22.6 Å². The Morgan fingerprint density at radius 3 is 1.62 bits per heavy atom. The van der Waals surface area contributed by atoms with E-state index in [1.807, 2.05) is 18.2 Å².